The molecule has 15 aliphatic rings. The van der Waals surface area contributed by atoms with Crippen molar-refractivity contribution in [2.75, 3.05) is 39.3 Å². The van der Waals surface area contributed by atoms with E-state index in [1.54, 1.807) is 20.8 Å². The van der Waals surface area contributed by atoms with Crippen molar-refractivity contribution in [3.05, 3.63) is 76.2 Å². The molecule has 32 heteroatoms. The van der Waals surface area contributed by atoms with Crippen molar-refractivity contribution in [3.63, 3.8) is 0 Å². The van der Waals surface area contributed by atoms with Crippen LogP contribution in [0.2, 0.25) is 5.02 Å². The number of amides is 3. The lowest BCUT2D eigenvalue weighted by Gasteiger charge is -2.62. The molecule has 6 N–H and O–H groups in total. The maximum atomic E-state index is 14.5. The summed E-state index contributed by atoms with van der Waals surface area (Å²) in [5, 5.41) is 47.1. The monoisotopic (exact) mass is 1490 g/mol. The van der Waals surface area contributed by atoms with E-state index in [0.29, 0.717) is 108 Å². The van der Waals surface area contributed by atoms with Gasteiger partial charge in [0.15, 0.2) is 5.82 Å². The van der Waals surface area contributed by atoms with Crippen LogP contribution in [0, 0.1) is 99.4 Å². The average Bonchev–Trinajstić information content (AvgIpc) is 0.818. The van der Waals surface area contributed by atoms with E-state index in [0.717, 1.165) is 108 Å². The van der Waals surface area contributed by atoms with Crippen molar-refractivity contribution in [2.24, 2.45) is 35.5 Å². The maximum absolute atomic E-state index is 14.5. The minimum Gasteiger partial charge on any atom is -0.455 e. The Morgan fingerprint density at radius 3 is 1.26 bits per heavy atom. The normalized spacial score (nSPS) is 34.5. The van der Waals surface area contributed by atoms with E-state index in [4.69, 9.17) is 21.3 Å². The third-order valence-corrected chi connectivity index (χ3v) is 29.2. The number of sulfonamides is 3. The minimum absolute atomic E-state index is 0.0552. The lowest BCUT2D eigenvalue weighted by Crippen LogP contribution is -2.69. The van der Waals surface area contributed by atoms with Crippen LogP contribution in [0.4, 0.5) is 22.0 Å². The molecule has 2 aromatic carbocycles. The number of hydrogen-bond donors (Lipinski definition) is 6. The number of nitrogens with zero attached hydrogens (tertiary/aromatic N) is 7. The molecule has 23 nitrogen and oxygen atoms in total. The zero-order chi connectivity index (χ0) is 72.8. The summed E-state index contributed by atoms with van der Waals surface area (Å²) in [6.07, 6.45) is 13.4. The molecule has 18 rings (SSSR count). The number of alkyl halides is 3. The van der Waals surface area contributed by atoms with Crippen molar-refractivity contribution in [1.29, 1.82) is 21.0 Å². The summed E-state index contributed by atoms with van der Waals surface area (Å²) in [4.78, 5) is 41.9. The molecule has 12 bridgehead atoms. The molecule has 12 saturated carbocycles. The minimum atomic E-state index is -4.93. The molecule has 12 aliphatic carbocycles. The Bertz CT molecular complexity index is 4320. The van der Waals surface area contributed by atoms with E-state index in [9.17, 15) is 77.4 Å². The Balaban J connectivity index is 0.000000137. The molecule has 6 unspecified atom stereocenters. The second kappa shape index (κ2) is 27.5. The van der Waals surface area contributed by atoms with Gasteiger partial charge in [-0.05, 0) is 227 Å². The molecule has 0 spiro atoms. The molecule has 3 amide bonds. The fraction of sp³-hybridized carbons (Fsp3) is 0.671. The highest BCUT2D eigenvalue weighted by atomic mass is 35.5. The van der Waals surface area contributed by atoms with E-state index in [1.165, 1.54) is 31.2 Å². The fourth-order valence-electron chi connectivity index (χ4n) is 21.8. The van der Waals surface area contributed by atoms with Gasteiger partial charge in [0, 0.05) is 58.9 Å². The largest absolute Gasteiger partial charge is 0.455 e. The van der Waals surface area contributed by atoms with E-state index < -0.39 is 91.6 Å². The summed E-state index contributed by atoms with van der Waals surface area (Å²) in [5.74, 6) is -1.80. The summed E-state index contributed by atoms with van der Waals surface area (Å²) < 4.78 is 161. The summed E-state index contributed by atoms with van der Waals surface area (Å²) in [7, 11) is -12.6. The van der Waals surface area contributed by atoms with Crippen molar-refractivity contribution in [1.82, 2.24) is 44.8 Å². The lowest BCUT2D eigenvalue weighted by molar-refractivity contribution is -0.156. The smallest absolute Gasteiger partial charge is 0.450 e. The van der Waals surface area contributed by atoms with Gasteiger partial charge in [-0.2, -0.15) is 34.2 Å². The van der Waals surface area contributed by atoms with Gasteiger partial charge in [0.25, 0.3) is 0 Å². The van der Waals surface area contributed by atoms with E-state index in [2.05, 4.69) is 48.3 Å². The van der Waals surface area contributed by atoms with Crippen LogP contribution < -0.4 is 30.1 Å². The number of aryl methyl sites for hydroxylation is 1. The number of carbonyl (C=O) groups is 3. The van der Waals surface area contributed by atoms with Crippen LogP contribution in [0.25, 0.3) is 0 Å². The summed E-state index contributed by atoms with van der Waals surface area (Å²) in [6.45, 7) is 3.38. The van der Waals surface area contributed by atoms with Crippen LogP contribution in [0.1, 0.15) is 171 Å². The van der Waals surface area contributed by atoms with Gasteiger partial charge in [0.2, 0.25) is 53.6 Å². The first-order valence-corrected chi connectivity index (χ1v) is 40.2. The van der Waals surface area contributed by atoms with Gasteiger partial charge in [0.1, 0.15) is 45.6 Å². The van der Waals surface area contributed by atoms with Crippen molar-refractivity contribution < 1.29 is 66.0 Å². The molecule has 3 saturated heterocycles. The van der Waals surface area contributed by atoms with Crippen LogP contribution in [0.15, 0.2) is 61.6 Å². The second-order valence-corrected chi connectivity index (χ2v) is 37.3. The van der Waals surface area contributed by atoms with E-state index >= 15 is 0 Å². The van der Waals surface area contributed by atoms with Gasteiger partial charge < -0.3 is 35.1 Å². The number of nitrogens with one attached hydrogen (secondary N) is 6. The quantitative estimate of drug-likeness (QED) is 0.0653. The van der Waals surface area contributed by atoms with Crippen LogP contribution in [0.5, 0.6) is 0 Å². The zero-order valence-electron chi connectivity index (χ0n) is 56.7. The molecule has 102 heavy (non-hydrogen) atoms. The summed E-state index contributed by atoms with van der Waals surface area (Å²) >= 11 is 5.83. The molecular formula is C70H85ClF5N13O10S3. The second-order valence-electron chi connectivity index (χ2n) is 31.9. The molecule has 0 radical (unpaired) electrons. The number of carbonyl (C=O) groups excluding carboxylic acids is 3. The third kappa shape index (κ3) is 14.8. The fourth-order valence-corrected chi connectivity index (χ4v) is 26.7. The zero-order valence-corrected chi connectivity index (χ0v) is 59.9. The van der Waals surface area contributed by atoms with Crippen LogP contribution in [-0.4, -0.2) is 148 Å². The Morgan fingerprint density at radius 1 is 0.539 bits per heavy atom. The van der Waals surface area contributed by atoms with Gasteiger partial charge in [-0.1, -0.05) is 17.7 Å². The molecule has 550 valence electrons. The maximum Gasteiger partial charge on any atom is 0.450 e. The lowest BCUT2D eigenvalue weighted by atomic mass is 9.50. The van der Waals surface area contributed by atoms with Crippen molar-refractivity contribution in [2.45, 2.75) is 233 Å². The summed E-state index contributed by atoms with van der Waals surface area (Å²) in [5.41, 5.74) is -3.62. The van der Waals surface area contributed by atoms with Gasteiger partial charge in [0.05, 0.1) is 53.3 Å². The van der Waals surface area contributed by atoms with Crippen molar-refractivity contribution in [3.8, 4) is 24.3 Å². The first-order chi connectivity index (χ1) is 48.1. The van der Waals surface area contributed by atoms with Crippen molar-refractivity contribution >= 4 is 59.4 Å². The van der Waals surface area contributed by atoms with Crippen LogP contribution in [-0.2, 0) is 50.6 Å². The number of nitriles is 4. The first-order valence-electron chi connectivity index (χ1n) is 35.4. The third-order valence-electron chi connectivity index (χ3n) is 24.2. The highest BCUT2D eigenvalue weighted by molar-refractivity contribution is 7.90. The van der Waals surface area contributed by atoms with Crippen LogP contribution >= 0.6 is 11.6 Å². The number of hydrogen-bond acceptors (Lipinski definition) is 17. The molecule has 1 aromatic heterocycles. The van der Waals surface area contributed by atoms with E-state index in [1.807, 2.05) is 0 Å². The van der Waals surface area contributed by atoms with Gasteiger partial charge >= 0.3 is 6.18 Å². The number of furan rings is 1. The molecule has 3 aliphatic heterocycles. The summed E-state index contributed by atoms with van der Waals surface area (Å²) in [6, 6.07) is 15.3. The highest BCUT2D eigenvalue weighted by Crippen LogP contribution is 2.61. The SMILES string of the molecule is Cc1cc(S(=O)(=O)NC23CC4CC(CC(NCC(=O)N5CCC[C@H]5C#N)(C4)C2)C3)c(C(F)(F)F)o1.N#C[C@@H]1CCCN1C(=O)CNC12CC3CC(C1)CC(NS(=O)(=O)c1cccc(Cl)c1F)(C3)C2.N#Cc1cc(S(=O)(=O)NC23CC4CC(CC(NCC(=O)N5CCC[C@H]5C#N)(C4)C2)C3)ccc1F. The number of likely N-dealkylation sites (tertiary alicyclic amines) is 3. The molecular weight excluding hydrogens is 1410 g/mol. The Hall–Kier alpha value is -6.36. The number of benzene rings is 2. The van der Waals surface area contributed by atoms with Gasteiger partial charge in [-0.3, -0.25) is 14.4 Å². The predicted molar refractivity (Wildman–Crippen MR) is 357 cm³/mol. The standard InChI is InChI=1S/C24H28FN5O3S.C23H28ClFN4O3S.C23H29F3N4O4S/c25-21-4-3-20(7-18(21)12-26)34(32,33)29-24-10-16-6-17(11-24)9-23(8-16,15-24)28-14-22(31)30-5-1-2-19(30)13-27;24-18-4-1-5-19(21(18)25)33(31,32)28-23-10-15-7-16(11-23)9-22(8-15,14-23)27-13-20(30)29-6-2-3-17(29)12-26;1-14-5-18(20(34-14)23(24,25)26)35(32,33)29-22-9-15-6-16(10-22)8-21(7-15,13-22)28-12-19(31)30-4-2-3-17(30)11-27/h3-4,7,16-17,19,28-29H,1-2,5-6,8-11,14-15H2;1,4-5,15-17,27-28H,2-3,6-11,13-14H2;5,15-17,28-29H,2-4,6-10,12-13H2,1H3/t16?,17?,19-,23?,24?;15?,16?,17-,22?,23?;15?,16?,17-,21?,22?/m000/s1. The topological polar surface area (TPSA) is 344 Å². The number of halogens is 6. The number of rotatable bonds is 18. The average molecular weight is 1500 g/mol. The highest BCUT2D eigenvalue weighted by Gasteiger charge is 2.62. The Labute approximate surface area is 596 Å². The molecule has 9 atom stereocenters. The molecule has 15 fully saturated rings. The van der Waals surface area contributed by atoms with E-state index in [-0.39, 0.29) is 93.6 Å². The predicted octanol–water partition coefficient (Wildman–Crippen LogP) is 8.20. The van der Waals surface area contributed by atoms with Gasteiger partial charge in [-0.25, -0.2) is 48.2 Å². The molecule has 4 heterocycles. The Kier molecular flexibility index (Phi) is 19.9. The van der Waals surface area contributed by atoms with Gasteiger partial charge in [-0.15, -0.1) is 0 Å². The molecule has 3 aromatic rings. The Morgan fingerprint density at radius 2 is 0.902 bits per heavy atom. The van der Waals surface area contributed by atoms with Crippen LogP contribution in [0.3, 0.4) is 0 Å². The first kappa shape index (κ1) is 73.9.